The highest BCUT2D eigenvalue weighted by Crippen LogP contribution is 2.34. The summed E-state index contributed by atoms with van der Waals surface area (Å²) in [6.45, 7) is 0.958. The summed E-state index contributed by atoms with van der Waals surface area (Å²) in [6.07, 6.45) is 4.80. The van der Waals surface area contributed by atoms with Gasteiger partial charge < -0.3 is 24.8 Å². The largest absolute Gasteiger partial charge is 0.494 e. The fourth-order valence-corrected chi connectivity index (χ4v) is 3.57. The molecular formula is C23H31FIN3O3. The van der Waals surface area contributed by atoms with Crippen LogP contribution in [0, 0.1) is 5.82 Å². The van der Waals surface area contributed by atoms with Crippen LogP contribution in [-0.4, -0.2) is 33.3 Å². The zero-order valence-corrected chi connectivity index (χ0v) is 20.6. The maximum absolute atomic E-state index is 13.9. The van der Waals surface area contributed by atoms with Crippen LogP contribution in [0.5, 0.6) is 17.2 Å². The molecule has 1 aliphatic rings. The van der Waals surface area contributed by atoms with Crippen molar-refractivity contribution in [2.75, 3.05) is 21.3 Å². The van der Waals surface area contributed by atoms with Gasteiger partial charge in [-0.05, 0) is 49.4 Å². The van der Waals surface area contributed by atoms with Crippen molar-refractivity contribution in [3.8, 4) is 17.2 Å². The smallest absolute Gasteiger partial charge is 0.191 e. The number of rotatable bonds is 8. The second-order valence-electron chi connectivity index (χ2n) is 7.22. The highest BCUT2D eigenvalue weighted by atomic mass is 127. The van der Waals surface area contributed by atoms with Gasteiger partial charge in [-0.15, -0.1) is 24.0 Å². The first-order chi connectivity index (χ1) is 14.6. The van der Waals surface area contributed by atoms with E-state index < -0.39 is 0 Å². The molecule has 1 aliphatic carbocycles. The van der Waals surface area contributed by atoms with Gasteiger partial charge in [0.05, 0.1) is 20.3 Å². The van der Waals surface area contributed by atoms with Crippen LogP contribution in [0.4, 0.5) is 4.39 Å². The van der Waals surface area contributed by atoms with Crippen LogP contribution in [0.3, 0.4) is 0 Å². The molecule has 8 heteroatoms. The molecule has 6 nitrogen and oxygen atoms in total. The number of benzene rings is 2. The molecule has 0 bridgehead atoms. The molecule has 2 N–H and O–H groups in total. The third-order valence-electron chi connectivity index (χ3n) is 5.21. The summed E-state index contributed by atoms with van der Waals surface area (Å²) in [5, 5.41) is 6.50. The van der Waals surface area contributed by atoms with Crippen molar-refractivity contribution in [3.63, 3.8) is 0 Å². The van der Waals surface area contributed by atoms with Crippen LogP contribution >= 0.6 is 24.0 Å². The molecule has 0 unspecified atom stereocenters. The van der Waals surface area contributed by atoms with Crippen LogP contribution in [0.25, 0.3) is 0 Å². The predicted molar refractivity (Wildman–Crippen MR) is 131 cm³/mol. The van der Waals surface area contributed by atoms with Gasteiger partial charge in [-0.25, -0.2) is 4.39 Å². The standard InChI is InChI=1S/C23H30FN3O3.HI/c1-25-23(26-14-16-11-12-20(28-2)19(24)13-16)27-15-17-7-6-10-21(29-3)22(17)30-18-8-4-5-9-18;/h6-7,10-13,18H,4-5,8-9,14-15H2,1-3H3,(H2,25,26,27);1H. The summed E-state index contributed by atoms with van der Waals surface area (Å²) in [5.74, 6) is 1.98. The highest BCUT2D eigenvalue weighted by Gasteiger charge is 2.20. The molecule has 0 atom stereocenters. The molecule has 0 amide bonds. The second-order valence-corrected chi connectivity index (χ2v) is 7.22. The Labute approximate surface area is 200 Å². The first-order valence-electron chi connectivity index (χ1n) is 10.2. The van der Waals surface area contributed by atoms with E-state index in [2.05, 4.69) is 15.6 Å². The van der Waals surface area contributed by atoms with E-state index in [9.17, 15) is 4.39 Å². The zero-order chi connectivity index (χ0) is 21.3. The molecule has 0 aromatic heterocycles. The lowest BCUT2D eigenvalue weighted by Gasteiger charge is -2.20. The number of nitrogens with zero attached hydrogens (tertiary/aromatic N) is 1. The van der Waals surface area contributed by atoms with Crippen LogP contribution < -0.4 is 24.8 Å². The van der Waals surface area contributed by atoms with Gasteiger partial charge in [0.15, 0.2) is 29.0 Å². The van der Waals surface area contributed by atoms with Gasteiger partial charge in [-0.1, -0.05) is 18.2 Å². The number of nitrogens with one attached hydrogen (secondary N) is 2. The van der Waals surface area contributed by atoms with E-state index in [0.29, 0.717) is 19.0 Å². The average molecular weight is 543 g/mol. The Balaban J connectivity index is 0.00000341. The Morgan fingerprint density at radius 3 is 2.39 bits per heavy atom. The monoisotopic (exact) mass is 543 g/mol. The van der Waals surface area contributed by atoms with E-state index in [0.717, 1.165) is 35.5 Å². The van der Waals surface area contributed by atoms with Gasteiger partial charge in [-0.3, -0.25) is 4.99 Å². The Morgan fingerprint density at radius 2 is 1.74 bits per heavy atom. The molecule has 2 aromatic rings. The third-order valence-corrected chi connectivity index (χ3v) is 5.21. The molecule has 0 spiro atoms. The summed E-state index contributed by atoms with van der Waals surface area (Å²) in [7, 11) is 4.80. The minimum absolute atomic E-state index is 0. The maximum atomic E-state index is 13.9. The molecule has 0 saturated heterocycles. The lowest BCUT2D eigenvalue weighted by Crippen LogP contribution is -2.36. The first-order valence-corrected chi connectivity index (χ1v) is 10.2. The number of methoxy groups -OCH3 is 2. The van der Waals surface area contributed by atoms with Crippen molar-refractivity contribution in [1.29, 1.82) is 0 Å². The first kappa shape index (κ1) is 25.0. The van der Waals surface area contributed by atoms with E-state index in [-0.39, 0.29) is 41.6 Å². The lowest BCUT2D eigenvalue weighted by atomic mass is 10.1. The molecule has 2 aromatic carbocycles. The quantitative estimate of drug-likeness (QED) is 0.289. The Morgan fingerprint density at radius 1 is 1.03 bits per heavy atom. The van der Waals surface area contributed by atoms with E-state index in [1.165, 1.54) is 26.0 Å². The van der Waals surface area contributed by atoms with Crippen molar-refractivity contribution in [2.24, 2.45) is 4.99 Å². The summed E-state index contributed by atoms with van der Waals surface area (Å²) in [5.41, 5.74) is 1.79. The normalized spacial score (nSPS) is 14.0. The number of halogens is 2. The van der Waals surface area contributed by atoms with E-state index in [4.69, 9.17) is 14.2 Å². The number of ether oxygens (including phenoxy) is 3. The minimum atomic E-state index is -0.384. The zero-order valence-electron chi connectivity index (χ0n) is 18.2. The SMILES string of the molecule is CN=C(NCc1ccc(OC)c(F)c1)NCc1cccc(OC)c1OC1CCCC1.I. The highest BCUT2D eigenvalue weighted by molar-refractivity contribution is 14.0. The fraction of sp³-hybridized carbons (Fsp3) is 0.435. The molecule has 0 radical (unpaired) electrons. The molecule has 1 saturated carbocycles. The van der Waals surface area contributed by atoms with Crippen LogP contribution in [0.15, 0.2) is 41.4 Å². The van der Waals surface area contributed by atoms with Gasteiger partial charge >= 0.3 is 0 Å². The Kier molecular flexibility index (Phi) is 10.2. The summed E-state index contributed by atoms with van der Waals surface area (Å²) in [4.78, 5) is 4.25. The number of guanidine groups is 1. The van der Waals surface area contributed by atoms with Gasteiger partial charge in [0.2, 0.25) is 0 Å². The molecule has 1 fully saturated rings. The number of para-hydroxylation sites is 1. The number of aliphatic imine (C=N–C) groups is 1. The van der Waals surface area contributed by atoms with Crippen LogP contribution in [0.1, 0.15) is 36.8 Å². The van der Waals surface area contributed by atoms with Gasteiger partial charge in [-0.2, -0.15) is 0 Å². The summed E-state index contributed by atoms with van der Waals surface area (Å²) in [6, 6.07) is 10.8. The van der Waals surface area contributed by atoms with E-state index in [1.807, 2.05) is 24.3 Å². The van der Waals surface area contributed by atoms with Crippen LogP contribution in [-0.2, 0) is 13.1 Å². The third kappa shape index (κ3) is 6.88. The van der Waals surface area contributed by atoms with Crippen molar-refractivity contribution in [3.05, 3.63) is 53.3 Å². The second kappa shape index (κ2) is 12.6. The summed E-state index contributed by atoms with van der Waals surface area (Å²) >= 11 is 0. The molecule has 0 aliphatic heterocycles. The van der Waals surface area contributed by atoms with Gasteiger partial charge in [0.25, 0.3) is 0 Å². The van der Waals surface area contributed by atoms with Gasteiger partial charge in [0.1, 0.15) is 0 Å². The Hall–Kier alpha value is -2.23. The van der Waals surface area contributed by atoms with E-state index >= 15 is 0 Å². The minimum Gasteiger partial charge on any atom is -0.494 e. The molecule has 31 heavy (non-hydrogen) atoms. The van der Waals surface area contributed by atoms with Crippen molar-refractivity contribution < 1.29 is 18.6 Å². The lowest BCUT2D eigenvalue weighted by molar-refractivity contribution is 0.198. The van der Waals surface area contributed by atoms with Crippen molar-refractivity contribution in [1.82, 2.24) is 10.6 Å². The molecule has 0 heterocycles. The summed E-state index contributed by atoms with van der Waals surface area (Å²) < 4.78 is 30.6. The topological polar surface area (TPSA) is 64.1 Å². The Bertz CT molecular complexity index is 873. The number of hydrogen-bond donors (Lipinski definition) is 2. The molecule has 170 valence electrons. The molecule has 3 rings (SSSR count). The predicted octanol–water partition coefficient (Wildman–Crippen LogP) is 4.65. The maximum Gasteiger partial charge on any atom is 0.191 e. The fourth-order valence-electron chi connectivity index (χ4n) is 3.57. The van der Waals surface area contributed by atoms with E-state index in [1.54, 1.807) is 20.2 Å². The van der Waals surface area contributed by atoms with Gasteiger partial charge in [0, 0.05) is 25.7 Å². The average Bonchev–Trinajstić information content (AvgIpc) is 3.28. The van der Waals surface area contributed by atoms with Crippen LogP contribution in [0.2, 0.25) is 0 Å². The molecular weight excluding hydrogens is 512 g/mol. The number of hydrogen-bond acceptors (Lipinski definition) is 4. The van der Waals surface area contributed by atoms with Crippen molar-refractivity contribution >= 4 is 29.9 Å². The van der Waals surface area contributed by atoms with Crippen molar-refractivity contribution in [2.45, 2.75) is 44.9 Å².